The molecule has 10 heteroatoms. The fraction of sp³-hybridized carbons (Fsp3) is 0.148. The number of amides is 1. The minimum atomic E-state index is -1.07. The van der Waals surface area contributed by atoms with Gasteiger partial charge in [-0.1, -0.05) is 53.5 Å². The second kappa shape index (κ2) is 10.5. The first kappa shape index (κ1) is 26.1. The number of carbonyl (C=O) groups excluding carboxylic acids is 2. The molecule has 0 bridgehead atoms. The highest BCUT2D eigenvalue weighted by atomic mass is 35.5. The van der Waals surface area contributed by atoms with Gasteiger partial charge in [0.25, 0.3) is 11.7 Å². The number of carbonyl (C=O) groups is 3. The fourth-order valence-corrected chi connectivity index (χ4v) is 4.92. The van der Waals surface area contributed by atoms with Gasteiger partial charge < -0.3 is 19.7 Å². The van der Waals surface area contributed by atoms with E-state index in [0.717, 1.165) is 0 Å². The number of hydrogen-bond donors (Lipinski definition) is 2. The van der Waals surface area contributed by atoms with Crippen molar-refractivity contribution >= 4 is 52.3 Å². The topological polar surface area (TPSA) is 113 Å². The number of Topliss-reactive ketones (excluding diaryl/α,β-unsaturated/α-hetero) is 1. The van der Waals surface area contributed by atoms with Crippen LogP contribution in [-0.2, 0) is 20.8 Å². The minimum absolute atomic E-state index is 0.105. The van der Waals surface area contributed by atoms with Gasteiger partial charge >= 0.3 is 5.97 Å². The summed E-state index contributed by atoms with van der Waals surface area (Å²) in [6.45, 7) is 0. The van der Waals surface area contributed by atoms with E-state index in [2.05, 4.69) is 0 Å². The number of aliphatic carboxylic acids is 1. The third kappa shape index (κ3) is 4.85. The summed E-state index contributed by atoms with van der Waals surface area (Å²) in [5.41, 5.74) is 1.22. The molecule has 0 saturated carbocycles. The van der Waals surface area contributed by atoms with Crippen molar-refractivity contribution in [2.75, 3.05) is 19.1 Å². The lowest BCUT2D eigenvalue weighted by Crippen LogP contribution is -2.29. The van der Waals surface area contributed by atoms with Crippen LogP contribution in [0.5, 0.6) is 11.5 Å². The molecule has 8 nitrogen and oxygen atoms in total. The Morgan fingerprint density at radius 2 is 1.57 bits per heavy atom. The van der Waals surface area contributed by atoms with E-state index < -0.39 is 29.5 Å². The van der Waals surface area contributed by atoms with Crippen LogP contribution in [0.1, 0.15) is 22.7 Å². The largest absolute Gasteiger partial charge is 0.507 e. The number of aliphatic hydroxyl groups excluding tert-OH is 1. The summed E-state index contributed by atoms with van der Waals surface area (Å²) in [6, 6.07) is 14.7. The molecule has 0 radical (unpaired) electrons. The molecule has 1 amide bonds. The molecule has 4 rings (SSSR count). The van der Waals surface area contributed by atoms with Crippen molar-refractivity contribution in [2.24, 2.45) is 0 Å². The number of ether oxygens (including phenoxy) is 2. The highest BCUT2D eigenvalue weighted by Gasteiger charge is 2.48. The molecule has 1 fully saturated rings. The van der Waals surface area contributed by atoms with Gasteiger partial charge in [0.1, 0.15) is 11.5 Å². The van der Waals surface area contributed by atoms with Gasteiger partial charge in [-0.15, -0.1) is 0 Å². The average molecular weight is 542 g/mol. The van der Waals surface area contributed by atoms with E-state index in [4.69, 9.17) is 37.8 Å². The summed E-state index contributed by atoms with van der Waals surface area (Å²) in [7, 11) is 2.84. The van der Waals surface area contributed by atoms with Gasteiger partial charge in [-0.05, 0) is 35.9 Å². The lowest BCUT2D eigenvalue weighted by Gasteiger charge is -2.26. The number of anilines is 1. The number of para-hydroxylation sites is 1. The smallest absolute Gasteiger partial charge is 0.307 e. The SMILES string of the molecule is COc1ccccc1C1/C(=C(\O)c2cc(Cl)c(OC)c(Cl)c2)C(=O)C(=O)N1c1ccc(CC(=O)O)cc1. The Morgan fingerprint density at radius 1 is 0.946 bits per heavy atom. The molecule has 3 aromatic rings. The molecular formula is C27H21Cl2NO7. The molecule has 190 valence electrons. The summed E-state index contributed by atoms with van der Waals surface area (Å²) in [4.78, 5) is 39.0. The molecule has 1 atom stereocenters. The van der Waals surface area contributed by atoms with Gasteiger partial charge in [-0.2, -0.15) is 0 Å². The summed E-state index contributed by atoms with van der Waals surface area (Å²) in [6.07, 6.45) is -0.200. The van der Waals surface area contributed by atoms with E-state index in [1.165, 1.54) is 31.3 Å². The van der Waals surface area contributed by atoms with Crippen molar-refractivity contribution in [3.63, 3.8) is 0 Å². The number of aliphatic hydroxyl groups is 1. The zero-order valence-electron chi connectivity index (χ0n) is 19.7. The van der Waals surface area contributed by atoms with Crippen LogP contribution in [0.15, 0.2) is 66.2 Å². The molecule has 37 heavy (non-hydrogen) atoms. The van der Waals surface area contributed by atoms with Crippen LogP contribution in [0.25, 0.3) is 5.76 Å². The maximum Gasteiger partial charge on any atom is 0.307 e. The molecule has 0 aromatic heterocycles. The quantitative estimate of drug-likeness (QED) is 0.238. The lowest BCUT2D eigenvalue weighted by atomic mass is 9.94. The van der Waals surface area contributed by atoms with Crippen molar-refractivity contribution < 1.29 is 34.1 Å². The standard InChI is InChI=1S/C27H21Cl2NO7/c1-36-20-6-4-3-5-17(20)23-22(24(33)15-12-18(28)26(37-2)19(29)13-15)25(34)27(35)30(23)16-9-7-14(8-10-16)11-21(31)32/h3-10,12-13,23,33H,11H2,1-2H3,(H,31,32)/b24-22+. The third-order valence-corrected chi connectivity index (χ3v) is 6.49. The van der Waals surface area contributed by atoms with Crippen LogP contribution < -0.4 is 14.4 Å². The second-order valence-corrected chi connectivity index (χ2v) is 8.94. The Kier molecular flexibility index (Phi) is 7.42. The number of benzene rings is 3. The molecule has 0 spiro atoms. The van der Waals surface area contributed by atoms with Gasteiger partial charge in [-0.3, -0.25) is 19.3 Å². The van der Waals surface area contributed by atoms with Crippen molar-refractivity contribution in [1.82, 2.24) is 0 Å². The zero-order chi connectivity index (χ0) is 26.9. The maximum absolute atomic E-state index is 13.4. The maximum atomic E-state index is 13.4. The van der Waals surface area contributed by atoms with Crippen LogP contribution in [0.4, 0.5) is 5.69 Å². The first-order valence-corrected chi connectivity index (χ1v) is 11.7. The van der Waals surface area contributed by atoms with Crippen molar-refractivity contribution in [2.45, 2.75) is 12.5 Å². The molecule has 0 aliphatic carbocycles. The first-order valence-electron chi connectivity index (χ1n) is 11.0. The van der Waals surface area contributed by atoms with Gasteiger partial charge in [0.05, 0.1) is 42.3 Å². The van der Waals surface area contributed by atoms with E-state index in [0.29, 0.717) is 22.6 Å². The lowest BCUT2D eigenvalue weighted by molar-refractivity contribution is -0.136. The Labute approximate surface area is 222 Å². The van der Waals surface area contributed by atoms with E-state index in [1.54, 1.807) is 48.5 Å². The number of carboxylic acids is 1. The summed E-state index contributed by atoms with van der Waals surface area (Å²) >= 11 is 12.5. The fourth-order valence-electron chi connectivity index (χ4n) is 4.28. The Balaban J connectivity index is 1.94. The molecule has 1 heterocycles. The minimum Gasteiger partial charge on any atom is -0.507 e. The van der Waals surface area contributed by atoms with Crippen LogP contribution in [-0.4, -0.2) is 42.1 Å². The number of rotatable bonds is 7. The van der Waals surface area contributed by atoms with Crippen LogP contribution in [0, 0.1) is 0 Å². The highest BCUT2D eigenvalue weighted by molar-refractivity contribution is 6.52. The van der Waals surface area contributed by atoms with E-state index in [1.807, 2.05) is 0 Å². The number of halogens is 2. The highest BCUT2D eigenvalue weighted by Crippen LogP contribution is 2.46. The third-order valence-electron chi connectivity index (χ3n) is 5.92. The summed E-state index contributed by atoms with van der Waals surface area (Å²) < 4.78 is 10.7. The normalized spacial score (nSPS) is 16.6. The second-order valence-electron chi connectivity index (χ2n) is 8.12. The van der Waals surface area contributed by atoms with Crippen LogP contribution >= 0.6 is 23.2 Å². The summed E-state index contributed by atoms with van der Waals surface area (Å²) in [5, 5.41) is 20.6. The van der Waals surface area contributed by atoms with Crippen LogP contribution in [0.3, 0.4) is 0 Å². The summed E-state index contributed by atoms with van der Waals surface area (Å²) in [5.74, 6) is -2.70. The van der Waals surface area contributed by atoms with Gasteiger partial charge in [0.15, 0.2) is 5.75 Å². The number of carboxylic acid groups (broad SMARTS) is 1. The average Bonchev–Trinajstić information content (AvgIpc) is 3.13. The molecule has 1 aliphatic heterocycles. The predicted molar refractivity (Wildman–Crippen MR) is 139 cm³/mol. The van der Waals surface area contributed by atoms with Crippen molar-refractivity contribution in [3.8, 4) is 11.5 Å². The molecule has 3 aromatic carbocycles. The monoisotopic (exact) mass is 541 g/mol. The first-order chi connectivity index (χ1) is 17.7. The van der Waals surface area contributed by atoms with Gasteiger partial charge in [0.2, 0.25) is 0 Å². The zero-order valence-corrected chi connectivity index (χ0v) is 21.2. The number of nitrogens with zero attached hydrogens (tertiary/aromatic N) is 1. The Bertz CT molecular complexity index is 1410. The van der Waals surface area contributed by atoms with Gasteiger partial charge in [-0.25, -0.2) is 0 Å². The van der Waals surface area contributed by atoms with Crippen LogP contribution in [0.2, 0.25) is 10.0 Å². The number of ketones is 1. The van der Waals surface area contributed by atoms with Crippen molar-refractivity contribution in [1.29, 1.82) is 0 Å². The molecule has 1 aliphatic rings. The van der Waals surface area contributed by atoms with Gasteiger partial charge in [0, 0.05) is 16.8 Å². The molecule has 1 saturated heterocycles. The Morgan fingerprint density at radius 3 is 2.14 bits per heavy atom. The molecule has 1 unspecified atom stereocenters. The predicted octanol–water partition coefficient (Wildman–Crippen LogP) is 5.26. The number of hydrogen-bond acceptors (Lipinski definition) is 6. The molecule has 2 N–H and O–H groups in total. The van der Waals surface area contributed by atoms with E-state index in [9.17, 15) is 19.5 Å². The molecular weight excluding hydrogens is 521 g/mol. The van der Waals surface area contributed by atoms with E-state index in [-0.39, 0.29) is 33.4 Å². The Hall–Kier alpha value is -4.01. The number of methoxy groups -OCH3 is 2. The van der Waals surface area contributed by atoms with E-state index >= 15 is 0 Å². The van der Waals surface area contributed by atoms with Crippen molar-refractivity contribution in [3.05, 3.63) is 93.0 Å².